The molecule has 2 atom stereocenters. The fourth-order valence-electron chi connectivity index (χ4n) is 2.54. The Bertz CT molecular complexity index is 525. The average molecular weight is 286 g/mol. The second-order valence-corrected chi connectivity index (χ2v) is 5.52. The molecule has 21 heavy (non-hydrogen) atoms. The van der Waals surface area contributed by atoms with E-state index in [9.17, 15) is 4.79 Å². The standard InChI is InChI=1S/C17H22N2O2/c1-4-10-19-12-13(2)16(11-14(19)3)18-21-17(20)15-8-6-5-7-9-15/h4-9,13-14H,1,10-12H2,2-3H3/b18-16+. The van der Waals surface area contributed by atoms with Gasteiger partial charge in [0, 0.05) is 31.5 Å². The number of hydrogen-bond acceptors (Lipinski definition) is 4. The van der Waals surface area contributed by atoms with E-state index in [0.717, 1.165) is 25.2 Å². The fraction of sp³-hybridized carbons (Fsp3) is 0.412. The van der Waals surface area contributed by atoms with Crippen LogP contribution in [0.4, 0.5) is 0 Å². The minimum absolute atomic E-state index is 0.282. The van der Waals surface area contributed by atoms with E-state index in [2.05, 4.69) is 30.5 Å². The molecule has 1 heterocycles. The third-order valence-corrected chi connectivity index (χ3v) is 3.82. The molecule has 0 radical (unpaired) electrons. The van der Waals surface area contributed by atoms with Crippen LogP contribution in [-0.2, 0) is 4.84 Å². The van der Waals surface area contributed by atoms with Crippen LogP contribution in [-0.4, -0.2) is 35.7 Å². The predicted molar refractivity (Wildman–Crippen MR) is 84.3 cm³/mol. The SMILES string of the molecule is C=CCN1CC(C)/C(=N/OC(=O)c2ccccc2)CC1C. The fourth-order valence-corrected chi connectivity index (χ4v) is 2.54. The number of carbonyl (C=O) groups excluding carboxylic acids is 1. The lowest BCUT2D eigenvalue weighted by atomic mass is 9.93. The highest BCUT2D eigenvalue weighted by molar-refractivity contribution is 5.91. The molecule has 4 nitrogen and oxygen atoms in total. The summed E-state index contributed by atoms with van der Waals surface area (Å²) >= 11 is 0. The van der Waals surface area contributed by atoms with Crippen molar-refractivity contribution >= 4 is 11.7 Å². The molecule has 0 aliphatic carbocycles. The van der Waals surface area contributed by atoms with E-state index in [0.29, 0.717) is 11.6 Å². The van der Waals surface area contributed by atoms with Gasteiger partial charge in [0.25, 0.3) is 0 Å². The first-order valence-electron chi connectivity index (χ1n) is 7.30. The molecule has 0 spiro atoms. The van der Waals surface area contributed by atoms with Gasteiger partial charge in [0.15, 0.2) is 0 Å². The van der Waals surface area contributed by atoms with E-state index in [4.69, 9.17) is 4.84 Å². The van der Waals surface area contributed by atoms with Crippen molar-refractivity contribution in [2.24, 2.45) is 11.1 Å². The quantitative estimate of drug-likeness (QED) is 0.485. The monoisotopic (exact) mass is 286 g/mol. The number of piperidine rings is 1. The van der Waals surface area contributed by atoms with E-state index in [1.54, 1.807) is 12.1 Å². The normalized spacial score (nSPS) is 24.8. The first kappa shape index (κ1) is 15.4. The van der Waals surface area contributed by atoms with Gasteiger partial charge in [-0.1, -0.05) is 36.4 Å². The second kappa shape index (κ2) is 7.18. The number of likely N-dealkylation sites (tertiary alicyclic amines) is 1. The summed E-state index contributed by atoms with van der Waals surface area (Å²) in [4.78, 5) is 19.3. The maximum Gasteiger partial charge on any atom is 0.365 e. The first-order chi connectivity index (χ1) is 10.1. The number of oxime groups is 1. The number of carbonyl (C=O) groups is 1. The molecule has 0 N–H and O–H groups in total. The van der Waals surface area contributed by atoms with Crippen LogP contribution < -0.4 is 0 Å². The van der Waals surface area contributed by atoms with Gasteiger partial charge in [-0.05, 0) is 19.1 Å². The molecule has 1 saturated heterocycles. The van der Waals surface area contributed by atoms with Crippen molar-refractivity contribution in [3.63, 3.8) is 0 Å². The van der Waals surface area contributed by atoms with Crippen LogP contribution in [0.3, 0.4) is 0 Å². The first-order valence-corrected chi connectivity index (χ1v) is 7.30. The van der Waals surface area contributed by atoms with E-state index < -0.39 is 5.97 Å². The van der Waals surface area contributed by atoms with Crippen LogP contribution in [0.25, 0.3) is 0 Å². The third kappa shape index (κ3) is 4.02. The van der Waals surface area contributed by atoms with Crippen LogP contribution in [0.1, 0.15) is 30.6 Å². The summed E-state index contributed by atoms with van der Waals surface area (Å²) < 4.78 is 0. The Morgan fingerprint density at radius 2 is 2.14 bits per heavy atom. The van der Waals surface area contributed by atoms with E-state index in [-0.39, 0.29) is 5.92 Å². The summed E-state index contributed by atoms with van der Waals surface area (Å²) in [5, 5.41) is 4.10. The zero-order valence-electron chi connectivity index (χ0n) is 12.7. The molecular weight excluding hydrogens is 264 g/mol. The van der Waals surface area contributed by atoms with Gasteiger partial charge in [-0.2, -0.15) is 0 Å². The molecule has 1 aromatic carbocycles. The van der Waals surface area contributed by atoms with Crippen molar-refractivity contribution in [3.8, 4) is 0 Å². The zero-order chi connectivity index (χ0) is 15.2. The van der Waals surface area contributed by atoms with Gasteiger partial charge in [-0.15, -0.1) is 6.58 Å². The van der Waals surface area contributed by atoms with E-state index in [1.807, 2.05) is 24.3 Å². The van der Waals surface area contributed by atoms with Gasteiger partial charge < -0.3 is 4.84 Å². The molecule has 0 amide bonds. The number of rotatable bonds is 4. The van der Waals surface area contributed by atoms with Gasteiger partial charge in [-0.3, -0.25) is 4.90 Å². The molecule has 1 aromatic rings. The summed E-state index contributed by atoms with van der Waals surface area (Å²) in [6.45, 7) is 9.84. The largest absolute Gasteiger partial charge is 0.365 e. The highest BCUT2D eigenvalue weighted by atomic mass is 16.7. The Labute approximate surface area is 126 Å². The lowest BCUT2D eigenvalue weighted by Gasteiger charge is -2.36. The minimum Gasteiger partial charge on any atom is -0.313 e. The zero-order valence-corrected chi connectivity index (χ0v) is 12.7. The number of benzene rings is 1. The van der Waals surface area contributed by atoms with Crippen molar-refractivity contribution in [1.82, 2.24) is 4.90 Å². The lowest BCUT2D eigenvalue weighted by molar-refractivity contribution is 0.0508. The number of hydrogen-bond donors (Lipinski definition) is 0. The lowest BCUT2D eigenvalue weighted by Crippen LogP contribution is -2.45. The molecule has 4 heteroatoms. The molecule has 1 aliphatic rings. The van der Waals surface area contributed by atoms with Crippen molar-refractivity contribution < 1.29 is 9.63 Å². The molecule has 112 valence electrons. The van der Waals surface area contributed by atoms with Crippen LogP contribution in [0, 0.1) is 5.92 Å². The molecule has 0 aromatic heterocycles. The number of nitrogens with zero attached hydrogens (tertiary/aromatic N) is 2. The van der Waals surface area contributed by atoms with Gasteiger partial charge in [0.05, 0.1) is 11.3 Å². The van der Waals surface area contributed by atoms with E-state index in [1.165, 1.54) is 0 Å². The molecule has 2 rings (SSSR count). The summed E-state index contributed by atoms with van der Waals surface area (Å²) in [7, 11) is 0. The smallest absolute Gasteiger partial charge is 0.313 e. The Balaban J connectivity index is 1.98. The maximum absolute atomic E-state index is 11.9. The van der Waals surface area contributed by atoms with Crippen molar-refractivity contribution in [2.45, 2.75) is 26.3 Å². The van der Waals surface area contributed by atoms with Gasteiger partial charge in [0.1, 0.15) is 0 Å². The maximum atomic E-state index is 11.9. The Morgan fingerprint density at radius 3 is 2.81 bits per heavy atom. The summed E-state index contributed by atoms with van der Waals surface area (Å²) in [5.74, 6) is -0.124. The van der Waals surface area contributed by atoms with Crippen molar-refractivity contribution in [1.29, 1.82) is 0 Å². The Kier molecular flexibility index (Phi) is 5.28. The molecule has 2 unspecified atom stereocenters. The van der Waals surface area contributed by atoms with Crippen LogP contribution in [0.2, 0.25) is 0 Å². The predicted octanol–water partition coefficient (Wildman–Crippen LogP) is 3.12. The van der Waals surface area contributed by atoms with Gasteiger partial charge in [0.2, 0.25) is 0 Å². The highest BCUT2D eigenvalue weighted by Crippen LogP contribution is 2.20. The summed E-state index contributed by atoms with van der Waals surface area (Å²) in [6, 6.07) is 9.31. The van der Waals surface area contributed by atoms with E-state index >= 15 is 0 Å². The molecule has 0 saturated carbocycles. The average Bonchev–Trinajstić information content (AvgIpc) is 2.50. The Hall–Kier alpha value is -1.94. The Morgan fingerprint density at radius 1 is 1.43 bits per heavy atom. The van der Waals surface area contributed by atoms with Gasteiger partial charge >= 0.3 is 5.97 Å². The molecule has 1 aliphatic heterocycles. The second-order valence-electron chi connectivity index (χ2n) is 5.52. The molecule has 0 bridgehead atoms. The molecule has 1 fully saturated rings. The molecular formula is C17H22N2O2. The van der Waals surface area contributed by atoms with Gasteiger partial charge in [-0.25, -0.2) is 4.79 Å². The summed E-state index contributed by atoms with van der Waals surface area (Å²) in [5.41, 5.74) is 1.47. The van der Waals surface area contributed by atoms with Crippen LogP contribution in [0.15, 0.2) is 48.1 Å². The summed E-state index contributed by atoms with van der Waals surface area (Å²) in [6.07, 6.45) is 2.73. The van der Waals surface area contributed by atoms with Crippen LogP contribution >= 0.6 is 0 Å². The highest BCUT2D eigenvalue weighted by Gasteiger charge is 2.27. The van der Waals surface area contributed by atoms with Crippen molar-refractivity contribution in [3.05, 3.63) is 48.6 Å². The topological polar surface area (TPSA) is 41.9 Å². The van der Waals surface area contributed by atoms with Crippen molar-refractivity contribution in [2.75, 3.05) is 13.1 Å². The third-order valence-electron chi connectivity index (χ3n) is 3.82. The van der Waals surface area contributed by atoms with Crippen LogP contribution in [0.5, 0.6) is 0 Å². The minimum atomic E-state index is -0.406.